The fourth-order valence-electron chi connectivity index (χ4n) is 1.95. The Bertz CT molecular complexity index is 567. The molecule has 88 valence electrons. The lowest BCUT2D eigenvalue weighted by Crippen LogP contribution is -2.01. The number of rotatable bonds is 2. The van der Waals surface area contributed by atoms with Crippen molar-refractivity contribution in [2.24, 2.45) is 0 Å². The quantitative estimate of drug-likeness (QED) is 0.729. The summed E-state index contributed by atoms with van der Waals surface area (Å²) in [6, 6.07) is 7.83. The second-order valence-electron chi connectivity index (χ2n) is 3.85. The first-order valence-electron chi connectivity index (χ1n) is 5.14. The van der Waals surface area contributed by atoms with Crippen LogP contribution in [0, 0.1) is 13.8 Å². The fourth-order valence-corrected chi connectivity index (χ4v) is 3.31. The summed E-state index contributed by atoms with van der Waals surface area (Å²) < 4.78 is 4.05. The molecule has 0 saturated heterocycles. The molecule has 1 aromatic carbocycles. The minimum Gasteiger partial charge on any atom is -0.316 e. The van der Waals surface area contributed by atoms with Crippen LogP contribution in [0.4, 0.5) is 0 Å². The maximum Gasteiger partial charge on any atom is 0.151 e. The maximum absolute atomic E-state index is 11.0. The molecule has 2 rings (SSSR count). The van der Waals surface area contributed by atoms with Gasteiger partial charge in [0.25, 0.3) is 0 Å². The van der Waals surface area contributed by atoms with Gasteiger partial charge in [0, 0.05) is 25.9 Å². The largest absolute Gasteiger partial charge is 0.316 e. The second-order valence-corrected chi connectivity index (χ2v) is 5.56. The van der Waals surface area contributed by atoms with E-state index in [4.69, 9.17) is 0 Å². The van der Waals surface area contributed by atoms with E-state index in [9.17, 15) is 4.79 Å². The Morgan fingerprint density at radius 1 is 1.18 bits per heavy atom. The van der Waals surface area contributed by atoms with Crippen LogP contribution in [0.5, 0.6) is 0 Å². The summed E-state index contributed by atoms with van der Waals surface area (Å²) in [5.41, 5.74) is 3.74. The highest BCUT2D eigenvalue weighted by Crippen LogP contribution is 2.32. The third-order valence-electron chi connectivity index (χ3n) is 2.76. The van der Waals surface area contributed by atoms with Crippen LogP contribution in [0.1, 0.15) is 21.7 Å². The predicted molar refractivity (Wildman–Crippen MR) is 76.0 cm³/mol. The minimum absolute atomic E-state index is 0.727. The molecule has 1 aromatic heterocycles. The lowest BCUT2D eigenvalue weighted by atomic mass is 10.2. The SMILES string of the molecule is Cc1cc(C=O)c(C)n1-c1c(Br)cccc1Br. The van der Waals surface area contributed by atoms with E-state index in [1.54, 1.807) is 0 Å². The summed E-state index contributed by atoms with van der Waals surface area (Å²) in [7, 11) is 0. The van der Waals surface area contributed by atoms with Crippen molar-refractivity contribution in [2.45, 2.75) is 13.8 Å². The molecular weight excluding hydrogens is 346 g/mol. The zero-order valence-electron chi connectivity index (χ0n) is 9.50. The number of aryl methyl sites for hydroxylation is 1. The summed E-state index contributed by atoms with van der Waals surface area (Å²) in [5.74, 6) is 0. The number of aldehydes is 1. The average molecular weight is 357 g/mol. The Kier molecular flexibility index (Phi) is 3.54. The number of hydrogen-bond donors (Lipinski definition) is 0. The van der Waals surface area contributed by atoms with E-state index >= 15 is 0 Å². The normalized spacial score (nSPS) is 10.6. The van der Waals surface area contributed by atoms with E-state index in [1.807, 2.05) is 38.1 Å². The molecule has 2 aromatic rings. The van der Waals surface area contributed by atoms with Crippen LogP contribution in [0.25, 0.3) is 5.69 Å². The van der Waals surface area contributed by atoms with Gasteiger partial charge in [-0.2, -0.15) is 0 Å². The van der Waals surface area contributed by atoms with Gasteiger partial charge in [-0.25, -0.2) is 0 Å². The summed E-state index contributed by atoms with van der Waals surface area (Å²) in [6.07, 6.45) is 0.892. The second kappa shape index (κ2) is 4.78. The topological polar surface area (TPSA) is 22.0 Å². The molecular formula is C13H11Br2NO. The summed E-state index contributed by atoms with van der Waals surface area (Å²) in [4.78, 5) is 11.0. The molecule has 17 heavy (non-hydrogen) atoms. The summed E-state index contributed by atoms with van der Waals surface area (Å²) >= 11 is 7.09. The first-order chi connectivity index (χ1) is 8.06. The van der Waals surface area contributed by atoms with Crippen LogP contribution in [-0.2, 0) is 0 Å². The molecule has 0 unspecified atom stereocenters. The fraction of sp³-hybridized carbons (Fsp3) is 0.154. The number of hydrogen-bond acceptors (Lipinski definition) is 1. The van der Waals surface area contributed by atoms with Crippen molar-refractivity contribution in [3.05, 3.63) is 50.2 Å². The number of nitrogens with zero attached hydrogens (tertiary/aromatic N) is 1. The van der Waals surface area contributed by atoms with Gasteiger partial charge in [-0.15, -0.1) is 0 Å². The maximum atomic E-state index is 11.0. The van der Waals surface area contributed by atoms with Crippen molar-refractivity contribution in [2.75, 3.05) is 0 Å². The molecule has 0 fully saturated rings. The Morgan fingerprint density at radius 2 is 1.76 bits per heavy atom. The van der Waals surface area contributed by atoms with Crippen LogP contribution in [0.15, 0.2) is 33.2 Å². The highest BCUT2D eigenvalue weighted by Gasteiger charge is 2.14. The Balaban J connectivity index is 2.77. The van der Waals surface area contributed by atoms with E-state index in [-0.39, 0.29) is 0 Å². The van der Waals surface area contributed by atoms with Gasteiger partial charge in [0.05, 0.1) is 5.69 Å². The van der Waals surface area contributed by atoms with Crippen molar-refractivity contribution < 1.29 is 4.79 Å². The van der Waals surface area contributed by atoms with Crippen molar-refractivity contribution >= 4 is 38.1 Å². The van der Waals surface area contributed by atoms with E-state index in [1.165, 1.54) is 0 Å². The highest BCUT2D eigenvalue weighted by molar-refractivity contribution is 9.11. The van der Waals surface area contributed by atoms with Gasteiger partial charge in [-0.05, 0) is 63.9 Å². The van der Waals surface area contributed by atoms with Crippen molar-refractivity contribution in [1.82, 2.24) is 4.57 Å². The third kappa shape index (κ3) is 2.11. The van der Waals surface area contributed by atoms with E-state index in [0.29, 0.717) is 0 Å². The van der Waals surface area contributed by atoms with E-state index in [0.717, 1.165) is 37.9 Å². The van der Waals surface area contributed by atoms with Crippen LogP contribution in [0.2, 0.25) is 0 Å². The molecule has 0 bridgehead atoms. The number of carbonyl (C=O) groups is 1. The third-order valence-corrected chi connectivity index (χ3v) is 4.04. The van der Waals surface area contributed by atoms with Gasteiger partial charge in [0.1, 0.15) is 0 Å². The van der Waals surface area contributed by atoms with E-state index in [2.05, 4.69) is 36.4 Å². The van der Waals surface area contributed by atoms with Crippen LogP contribution in [0.3, 0.4) is 0 Å². The predicted octanol–water partition coefficient (Wildman–Crippen LogP) is 4.43. The van der Waals surface area contributed by atoms with Gasteiger partial charge in [-0.1, -0.05) is 6.07 Å². The van der Waals surface area contributed by atoms with Gasteiger partial charge < -0.3 is 4.57 Å². The van der Waals surface area contributed by atoms with Crippen molar-refractivity contribution in [1.29, 1.82) is 0 Å². The molecule has 0 atom stereocenters. The minimum atomic E-state index is 0.727. The Labute approximate surface area is 117 Å². The monoisotopic (exact) mass is 355 g/mol. The molecule has 1 heterocycles. The van der Waals surface area contributed by atoms with Gasteiger partial charge in [-0.3, -0.25) is 4.79 Å². The number of halogens is 2. The van der Waals surface area contributed by atoms with Crippen LogP contribution >= 0.6 is 31.9 Å². The molecule has 0 N–H and O–H groups in total. The zero-order valence-corrected chi connectivity index (χ0v) is 12.7. The van der Waals surface area contributed by atoms with Gasteiger partial charge in [0.2, 0.25) is 0 Å². The number of carbonyl (C=O) groups excluding carboxylic acids is 1. The highest BCUT2D eigenvalue weighted by atomic mass is 79.9. The Morgan fingerprint density at radius 3 is 2.24 bits per heavy atom. The standard InChI is InChI=1S/C13H11Br2NO/c1-8-6-10(7-17)9(2)16(8)13-11(14)4-3-5-12(13)15/h3-7H,1-2H3. The van der Waals surface area contributed by atoms with Gasteiger partial charge in [0.15, 0.2) is 6.29 Å². The van der Waals surface area contributed by atoms with Crippen molar-refractivity contribution in [3.63, 3.8) is 0 Å². The molecule has 4 heteroatoms. The number of benzene rings is 1. The lowest BCUT2D eigenvalue weighted by Gasteiger charge is -2.13. The zero-order chi connectivity index (χ0) is 12.6. The number of para-hydroxylation sites is 1. The molecule has 0 aliphatic rings. The molecule has 0 amide bonds. The van der Waals surface area contributed by atoms with Crippen LogP contribution in [-0.4, -0.2) is 10.9 Å². The molecule has 0 aliphatic heterocycles. The summed E-state index contributed by atoms with van der Waals surface area (Å²) in [6.45, 7) is 3.94. The van der Waals surface area contributed by atoms with Crippen LogP contribution < -0.4 is 0 Å². The molecule has 0 radical (unpaired) electrons. The Hall–Kier alpha value is -0.870. The van der Waals surface area contributed by atoms with Crippen molar-refractivity contribution in [3.8, 4) is 5.69 Å². The molecule has 0 spiro atoms. The first-order valence-corrected chi connectivity index (χ1v) is 6.73. The summed E-state index contributed by atoms with van der Waals surface area (Å²) in [5, 5.41) is 0. The van der Waals surface area contributed by atoms with E-state index < -0.39 is 0 Å². The van der Waals surface area contributed by atoms with Gasteiger partial charge >= 0.3 is 0 Å². The smallest absolute Gasteiger partial charge is 0.151 e. The molecule has 0 saturated carbocycles. The number of aromatic nitrogens is 1. The molecule has 2 nitrogen and oxygen atoms in total. The lowest BCUT2D eigenvalue weighted by molar-refractivity contribution is 0.112. The average Bonchev–Trinajstić information content (AvgIpc) is 2.56. The first kappa shape index (κ1) is 12.6. The molecule has 0 aliphatic carbocycles.